The van der Waals surface area contributed by atoms with Gasteiger partial charge in [-0.15, -0.1) is 0 Å². The van der Waals surface area contributed by atoms with Gasteiger partial charge in [0, 0.05) is 39.3 Å². The number of benzene rings is 6. The molecule has 7 aromatic rings. The summed E-state index contributed by atoms with van der Waals surface area (Å²) in [6.07, 6.45) is 15.7. The predicted molar refractivity (Wildman–Crippen MR) is 219 cm³/mol. The van der Waals surface area contributed by atoms with E-state index in [1.807, 2.05) is 0 Å². The molecule has 260 valence electrons. The van der Waals surface area contributed by atoms with Gasteiger partial charge in [-0.25, -0.2) is 0 Å². The number of nitrogens with zero attached hydrogens (tertiary/aromatic N) is 1. The molecule has 1 aromatic heterocycles. The summed E-state index contributed by atoms with van der Waals surface area (Å²) in [6, 6.07) is 54.2. The summed E-state index contributed by atoms with van der Waals surface area (Å²) in [7, 11) is 0. The molecule has 6 aromatic carbocycles. The smallest absolute Gasteiger partial charge is 0.137 e. The Bertz CT molecular complexity index is 2230. The van der Waals surface area contributed by atoms with E-state index in [1.165, 1.54) is 122 Å². The van der Waals surface area contributed by atoms with Crippen molar-refractivity contribution >= 4 is 39.0 Å². The van der Waals surface area contributed by atoms with Crippen LogP contribution in [0.2, 0.25) is 0 Å². The highest BCUT2D eigenvalue weighted by Crippen LogP contribution is 2.46. The number of hydrogen-bond donors (Lipinski definition) is 0. The number of hydrogen-bond acceptors (Lipinski definition) is 2. The quantitative estimate of drug-likeness (QED) is 0.167. The fourth-order valence-corrected chi connectivity index (χ4v) is 9.53. The Morgan fingerprint density at radius 2 is 1.08 bits per heavy atom. The zero-order valence-corrected chi connectivity index (χ0v) is 30.3. The van der Waals surface area contributed by atoms with Crippen molar-refractivity contribution in [2.45, 2.75) is 88.4 Å². The van der Waals surface area contributed by atoms with E-state index in [9.17, 15) is 0 Å². The van der Waals surface area contributed by atoms with Crippen LogP contribution in [0.5, 0.6) is 0 Å². The summed E-state index contributed by atoms with van der Waals surface area (Å²) in [5, 5.41) is 2.32. The largest absolute Gasteiger partial charge is 0.456 e. The lowest BCUT2D eigenvalue weighted by atomic mass is 9.67. The lowest BCUT2D eigenvalue weighted by Gasteiger charge is -2.37. The Morgan fingerprint density at radius 3 is 1.79 bits per heavy atom. The number of anilines is 3. The first-order chi connectivity index (χ1) is 25.8. The van der Waals surface area contributed by atoms with E-state index in [0.29, 0.717) is 5.92 Å². The van der Waals surface area contributed by atoms with Crippen LogP contribution in [-0.4, -0.2) is 0 Å². The van der Waals surface area contributed by atoms with Crippen molar-refractivity contribution in [1.82, 2.24) is 0 Å². The number of furan rings is 1. The van der Waals surface area contributed by atoms with Gasteiger partial charge in [0.15, 0.2) is 0 Å². The Labute approximate surface area is 309 Å². The highest BCUT2D eigenvalue weighted by atomic mass is 16.3. The molecule has 2 fully saturated rings. The van der Waals surface area contributed by atoms with E-state index in [1.54, 1.807) is 0 Å². The molecule has 0 aliphatic heterocycles. The molecule has 0 N–H and O–H groups in total. The van der Waals surface area contributed by atoms with Crippen molar-refractivity contribution in [3.8, 4) is 11.1 Å². The van der Waals surface area contributed by atoms with Crippen LogP contribution in [0, 0.1) is 0 Å². The fraction of sp³-hybridized carbons (Fsp3) is 0.280. The Kier molecular flexibility index (Phi) is 9.15. The molecule has 1 heterocycles. The predicted octanol–water partition coefficient (Wildman–Crippen LogP) is 14.8. The second kappa shape index (κ2) is 14.5. The average Bonchev–Trinajstić information content (AvgIpc) is 3.58. The summed E-state index contributed by atoms with van der Waals surface area (Å²) >= 11 is 0. The van der Waals surface area contributed by atoms with Gasteiger partial charge in [-0.3, -0.25) is 0 Å². The normalized spacial score (nSPS) is 16.8. The molecule has 0 radical (unpaired) electrons. The van der Waals surface area contributed by atoms with Gasteiger partial charge < -0.3 is 9.32 Å². The molecule has 0 unspecified atom stereocenters. The van der Waals surface area contributed by atoms with E-state index >= 15 is 0 Å². The summed E-state index contributed by atoms with van der Waals surface area (Å²) in [5.41, 5.74) is 12.1. The third kappa shape index (κ3) is 6.23. The highest BCUT2D eigenvalue weighted by Gasteiger charge is 2.34. The molecule has 0 bridgehead atoms. The third-order valence-electron chi connectivity index (χ3n) is 12.3. The first-order valence-corrected chi connectivity index (χ1v) is 19.8. The Balaban J connectivity index is 1.14. The van der Waals surface area contributed by atoms with Crippen LogP contribution in [0.3, 0.4) is 0 Å². The van der Waals surface area contributed by atoms with Crippen molar-refractivity contribution in [3.05, 3.63) is 162 Å². The monoisotopic (exact) mass is 679 g/mol. The van der Waals surface area contributed by atoms with Crippen molar-refractivity contribution in [3.63, 3.8) is 0 Å². The van der Waals surface area contributed by atoms with E-state index in [4.69, 9.17) is 4.42 Å². The van der Waals surface area contributed by atoms with Crippen LogP contribution >= 0.6 is 0 Å². The maximum Gasteiger partial charge on any atom is 0.137 e. The molecule has 0 saturated heterocycles. The molecule has 2 aliphatic rings. The van der Waals surface area contributed by atoms with Crippen LogP contribution < -0.4 is 4.90 Å². The van der Waals surface area contributed by atoms with E-state index in [-0.39, 0.29) is 5.41 Å². The zero-order chi connectivity index (χ0) is 34.7. The van der Waals surface area contributed by atoms with Gasteiger partial charge in [0.2, 0.25) is 0 Å². The van der Waals surface area contributed by atoms with Gasteiger partial charge in [-0.2, -0.15) is 0 Å². The summed E-state index contributed by atoms with van der Waals surface area (Å²) < 4.78 is 6.63. The minimum atomic E-state index is 0.0519. The van der Waals surface area contributed by atoms with Gasteiger partial charge in [0.25, 0.3) is 0 Å². The maximum atomic E-state index is 6.63. The first kappa shape index (κ1) is 32.8. The summed E-state index contributed by atoms with van der Waals surface area (Å²) in [5.74, 6) is 0.680. The molecule has 0 spiro atoms. The Morgan fingerprint density at radius 1 is 0.481 bits per heavy atom. The van der Waals surface area contributed by atoms with Crippen LogP contribution in [-0.2, 0) is 5.41 Å². The van der Waals surface area contributed by atoms with Crippen molar-refractivity contribution in [1.29, 1.82) is 0 Å². The summed E-state index contributed by atoms with van der Waals surface area (Å²) in [6.45, 7) is 0. The van der Waals surface area contributed by atoms with Crippen LogP contribution in [0.15, 0.2) is 150 Å². The van der Waals surface area contributed by atoms with Gasteiger partial charge in [0.1, 0.15) is 11.2 Å². The van der Waals surface area contributed by atoms with E-state index in [2.05, 4.69) is 150 Å². The molecule has 2 aliphatic carbocycles. The van der Waals surface area contributed by atoms with Crippen molar-refractivity contribution in [2.24, 2.45) is 0 Å². The molecule has 2 nitrogen and oxygen atoms in total. The van der Waals surface area contributed by atoms with Crippen molar-refractivity contribution < 1.29 is 4.42 Å². The first-order valence-electron chi connectivity index (χ1n) is 19.8. The number of fused-ring (bicyclic) bond motifs is 3. The molecule has 52 heavy (non-hydrogen) atoms. The van der Waals surface area contributed by atoms with Crippen LogP contribution in [0.4, 0.5) is 17.1 Å². The lowest BCUT2D eigenvalue weighted by molar-refractivity contribution is 0.366. The van der Waals surface area contributed by atoms with Gasteiger partial charge >= 0.3 is 0 Å². The molecule has 0 atom stereocenters. The summed E-state index contributed by atoms with van der Waals surface area (Å²) in [4.78, 5) is 2.42. The standard InChI is InChI=1S/C50H49NO/c1-2-13-34-50(35-14-3-1,40-20-11-6-12-21-40)41-26-30-43(31-27-41)51(42-28-24-38(25-29-42)37-16-7-4-8-17-37)44-32-33-46-48(36-44)52-47-23-15-22-45(49(46)47)39-18-9-5-10-19-39/h5-6,9-12,15,18-33,36-37H,1-4,7-8,13-14,16-17,34-35H2. The third-order valence-corrected chi connectivity index (χ3v) is 12.3. The lowest BCUT2D eigenvalue weighted by Crippen LogP contribution is -2.29. The minimum absolute atomic E-state index is 0.0519. The number of rotatable bonds is 7. The molecular weight excluding hydrogens is 631 g/mol. The van der Waals surface area contributed by atoms with E-state index < -0.39 is 0 Å². The highest BCUT2D eigenvalue weighted by molar-refractivity contribution is 6.13. The zero-order valence-electron chi connectivity index (χ0n) is 30.3. The minimum Gasteiger partial charge on any atom is -0.456 e. The molecule has 2 heteroatoms. The SMILES string of the molecule is c1ccc(-c2cccc3oc4cc(N(c5ccc(C6CCCCC6)cc5)c5ccc(C6(c7ccccc7)CCCCCCC6)cc5)ccc4c23)cc1. The van der Waals surface area contributed by atoms with Gasteiger partial charge in [-0.05, 0) is 102 Å². The topological polar surface area (TPSA) is 16.4 Å². The second-order valence-corrected chi connectivity index (χ2v) is 15.4. The molecular formula is C50H49NO. The van der Waals surface area contributed by atoms with Crippen molar-refractivity contribution in [2.75, 3.05) is 4.90 Å². The molecule has 0 amide bonds. The maximum absolute atomic E-state index is 6.63. The average molecular weight is 680 g/mol. The van der Waals surface area contributed by atoms with Crippen LogP contribution in [0.1, 0.15) is 99.7 Å². The second-order valence-electron chi connectivity index (χ2n) is 15.4. The molecule has 9 rings (SSSR count). The van der Waals surface area contributed by atoms with Gasteiger partial charge in [0.05, 0.1) is 0 Å². The van der Waals surface area contributed by atoms with Gasteiger partial charge in [-0.1, -0.05) is 148 Å². The molecule has 2 saturated carbocycles. The van der Waals surface area contributed by atoms with E-state index in [0.717, 1.165) is 22.2 Å². The van der Waals surface area contributed by atoms with Crippen LogP contribution in [0.25, 0.3) is 33.1 Å². The Hall–Kier alpha value is -5.08. The fourth-order valence-electron chi connectivity index (χ4n) is 9.53.